The highest BCUT2D eigenvalue weighted by atomic mass is 19.4. The van der Waals surface area contributed by atoms with E-state index in [0.717, 1.165) is 12.1 Å². The smallest absolute Gasteiger partial charge is 0.338 e. The van der Waals surface area contributed by atoms with Gasteiger partial charge in [0.15, 0.2) is 0 Å². The van der Waals surface area contributed by atoms with Crippen molar-refractivity contribution in [2.75, 3.05) is 13.1 Å². The topological polar surface area (TPSA) is 50.2 Å². The summed E-state index contributed by atoms with van der Waals surface area (Å²) in [5, 5.41) is 2.73. The second-order valence-electron chi connectivity index (χ2n) is 5.67. The van der Waals surface area contributed by atoms with E-state index in [0.29, 0.717) is 31.0 Å². The number of aromatic nitrogens is 2. The van der Waals surface area contributed by atoms with Crippen molar-refractivity contribution in [2.24, 2.45) is 0 Å². The van der Waals surface area contributed by atoms with Crippen molar-refractivity contribution in [2.45, 2.75) is 26.2 Å². The lowest BCUT2D eigenvalue weighted by Crippen LogP contribution is -2.40. The zero-order chi connectivity index (χ0) is 19.2. The van der Waals surface area contributed by atoms with Gasteiger partial charge in [-0.1, -0.05) is 18.2 Å². The van der Waals surface area contributed by atoms with Crippen LogP contribution < -0.4 is 5.32 Å². The number of rotatable bonds is 7. The number of carbonyl (C=O) groups is 1. The highest BCUT2D eigenvalue weighted by Crippen LogP contribution is 2.29. The molecule has 0 fully saturated rings. The van der Waals surface area contributed by atoms with Crippen LogP contribution in [-0.4, -0.2) is 33.6 Å². The first-order valence-electron chi connectivity index (χ1n) is 8.15. The van der Waals surface area contributed by atoms with Crippen LogP contribution in [0.1, 0.15) is 23.9 Å². The van der Waals surface area contributed by atoms with E-state index in [1.54, 1.807) is 27.9 Å². The van der Waals surface area contributed by atoms with Gasteiger partial charge in [-0.3, -0.25) is 0 Å². The molecule has 0 saturated heterocycles. The lowest BCUT2D eigenvalue weighted by atomic mass is 10.1. The first-order valence-corrected chi connectivity index (χ1v) is 8.15. The lowest BCUT2D eigenvalue weighted by Gasteiger charge is -2.21. The molecule has 0 spiro atoms. The fraction of sp³-hybridized carbons (Fsp3) is 0.333. The molecular weight excluding hydrogens is 345 g/mol. The Morgan fingerprint density at radius 1 is 1.35 bits per heavy atom. The van der Waals surface area contributed by atoms with Crippen LogP contribution >= 0.6 is 0 Å². The molecule has 0 radical (unpaired) electrons. The van der Waals surface area contributed by atoms with Crippen LogP contribution in [0.4, 0.5) is 18.0 Å². The molecule has 0 aliphatic carbocycles. The fourth-order valence-corrected chi connectivity index (χ4v) is 2.44. The summed E-state index contributed by atoms with van der Waals surface area (Å²) in [4.78, 5) is 17.9. The first kappa shape index (κ1) is 19.6. The molecule has 0 bridgehead atoms. The molecule has 5 nitrogen and oxygen atoms in total. The van der Waals surface area contributed by atoms with Crippen LogP contribution in [-0.2, 0) is 19.3 Å². The lowest BCUT2D eigenvalue weighted by molar-refractivity contribution is -0.137. The van der Waals surface area contributed by atoms with Gasteiger partial charge in [-0.2, -0.15) is 13.2 Å². The Hall–Kier alpha value is -2.77. The van der Waals surface area contributed by atoms with Crippen LogP contribution in [0.15, 0.2) is 49.3 Å². The Balaban J connectivity index is 2.12. The maximum atomic E-state index is 12.6. The summed E-state index contributed by atoms with van der Waals surface area (Å²) in [6.45, 7) is 6.98. The van der Waals surface area contributed by atoms with Gasteiger partial charge in [0.1, 0.15) is 5.82 Å². The SMILES string of the molecule is C=CCN(Cc1nccn1Cc1ccc(C(F)(F)F)cc1)C(=O)NCC. The second-order valence-corrected chi connectivity index (χ2v) is 5.67. The first-order chi connectivity index (χ1) is 12.3. The maximum Gasteiger partial charge on any atom is 0.416 e. The monoisotopic (exact) mass is 366 g/mol. The summed E-state index contributed by atoms with van der Waals surface area (Å²) in [5.74, 6) is 0.637. The summed E-state index contributed by atoms with van der Waals surface area (Å²) in [5.41, 5.74) is 0.0334. The minimum atomic E-state index is -4.35. The molecule has 8 heteroatoms. The molecule has 2 aromatic rings. The molecule has 1 aromatic heterocycles. The number of amides is 2. The van der Waals surface area contributed by atoms with Crippen LogP contribution in [0.3, 0.4) is 0 Å². The maximum absolute atomic E-state index is 12.6. The number of nitrogens with zero attached hydrogens (tertiary/aromatic N) is 3. The summed E-state index contributed by atoms with van der Waals surface area (Å²) in [7, 11) is 0. The van der Waals surface area contributed by atoms with Gasteiger partial charge in [0.2, 0.25) is 0 Å². The number of alkyl halides is 3. The molecule has 26 heavy (non-hydrogen) atoms. The third kappa shape index (κ3) is 5.11. The molecule has 2 amide bonds. The Bertz CT molecular complexity index is 738. The highest BCUT2D eigenvalue weighted by molar-refractivity contribution is 5.74. The Morgan fingerprint density at radius 3 is 2.62 bits per heavy atom. The number of carbonyl (C=O) groups excluding carboxylic acids is 1. The summed E-state index contributed by atoms with van der Waals surface area (Å²) in [6, 6.07) is 4.78. The molecule has 0 unspecified atom stereocenters. The van der Waals surface area contributed by atoms with E-state index in [1.165, 1.54) is 12.1 Å². The van der Waals surface area contributed by atoms with Crippen LogP contribution in [0.25, 0.3) is 0 Å². The Labute approximate surface area is 150 Å². The number of benzene rings is 1. The van der Waals surface area contributed by atoms with E-state index in [-0.39, 0.29) is 12.6 Å². The van der Waals surface area contributed by atoms with Gasteiger partial charge in [-0.25, -0.2) is 9.78 Å². The average molecular weight is 366 g/mol. The van der Waals surface area contributed by atoms with Crippen LogP contribution in [0.5, 0.6) is 0 Å². The zero-order valence-electron chi connectivity index (χ0n) is 14.5. The molecule has 0 atom stereocenters. The van der Waals surface area contributed by atoms with Gasteiger partial charge in [0, 0.05) is 32.0 Å². The average Bonchev–Trinajstić information content (AvgIpc) is 3.01. The van der Waals surface area contributed by atoms with Crippen molar-refractivity contribution in [1.29, 1.82) is 0 Å². The standard InChI is InChI=1S/C18H21F3N4O/c1-3-10-25(17(26)22-4-2)13-16-23-9-11-24(16)12-14-5-7-15(8-6-14)18(19,20)21/h3,5-9,11H,1,4,10,12-13H2,2H3,(H,22,26). The number of urea groups is 1. The molecule has 0 saturated carbocycles. The van der Waals surface area contributed by atoms with Crippen molar-refractivity contribution >= 4 is 6.03 Å². The largest absolute Gasteiger partial charge is 0.416 e. The Morgan fingerprint density at radius 2 is 2.04 bits per heavy atom. The van der Waals surface area contributed by atoms with Gasteiger partial charge in [0.05, 0.1) is 12.1 Å². The molecular formula is C18H21F3N4O. The molecule has 1 aromatic carbocycles. The van der Waals surface area contributed by atoms with Gasteiger partial charge >= 0.3 is 12.2 Å². The fourth-order valence-electron chi connectivity index (χ4n) is 2.44. The third-order valence-corrected chi connectivity index (χ3v) is 3.73. The predicted molar refractivity (Wildman–Crippen MR) is 92.5 cm³/mol. The van der Waals surface area contributed by atoms with Gasteiger partial charge < -0.3 is 14.8 Å². The van der Waals surface area contributed by atoms with Gasteiger partial charge in [-0.15, -0.1) is 6.58 Å². The molecule has 2 rings (SSSR count). The number of imidazole rings is 1. The van der Waals surface area contributed by atoms with Crippen molar-refractivity contribution in [3.05, 3.63) is 66.3 Å². The Kier molecular flexibility index (Phi) is 6.43. The third-order valence-electron chi connectivity index (χ3n) is 3.73. The van der Waals surface area contributed by atoms with Gasteiger partial charge in [-0.05, 0) is 24.6 Å². The number of halogens is 3. The predicted octanol–water partition coefficient (Wildman–Crippen LogP) is 3.67. The van der Waals surface area contributed by atoms with E-state index >= 15 is 0 Å². The summed E-state index contributed by atoms with van der Waals surface area (Å²) in [6.07, 6.45) is 0.606. The van der Waals surface area contributed by atoms with Crippen molar-refractivity contribution in [3.8, 4) is 0 Å². The molecule has 140 valence electrons. The van der Waals surface area contributed by atoms with E-state index in [4.69, 9.17) is 0 Å². The normalized spacial score (nSPS) is 11.2. The van der Waals surface area contributed by atoms with E-state index in [9.17, 15) is 18.0 Å². The van der Waals surface area contributed by atoms with E-state index < -0.39 is 11.7 Å². The summed E-state index contributed by atoms with van der Waals surface area (Å²) < 4.78 is 39.7. The van der Waals surface area contributed by atoms with Crippen LogP contribution in [0.2, 0.25) is 0 Å². The van der Waals surface area contributed by atoms with E-state index in [1.807, 2.05) is 6.92 Å². The zero-order valence-corrected chi connectivity index (χ0v) is 14.5. The highest BCUT2D eigenvalue weighted by Gasteiger charge is 2.29. The minimum Gasteiger partial charge on any atom is -0.338 e. The minimum absolute atomic E-state index is 0.225. The second kappa shape index (κ2) is 8.55. The number of hydrogen-bond donors (Lipinski definition) is 1. The number of nitrogens with one attached hydrogen (secondary N) is 1. The number of hydrogen-bond acceptors (Lipinski definition) is 2. The molecule has 0 aliphatic heterocycles. The van der Waals surface area contributed by atoms with Crippen molar-refractivity contribution in [3.63, 3.8) is 0 Å². The quantitative estimate of drug-likeness (QED) is 0.760. The van der Waals surface area contributed by atoms with Crippen molar-refractivity contribution < 1.29 is 18.0 Å². The van der Waals surface area contributed by atoms with Crippen LogP contribution in [0, 0.1) is 0 Å². The summed E-state index contributed by atoms with van der Waals surface area (Å²) >= 11 is 0. The molecule has 1 heterocycles. The van der Waals surface area contributed by atoms with E-state index in [2.05, 4.69) is 16.9 Å². The van der Waals surface area contributed by atoms with Gasteiger partial charge in [0.25, 0.3) is 0 Å². The van der Waals surface area contributed by atoms with Crippen molar-refractivity contribution in [1.82, 2.24) is 19.8 Å². The molecule has 0 aliphatic rings. The molecule has 1 N–H and O–H groups in total.